The molecular formula is C18H17ClN2O3S. The zero-order chi connectivity index (χ0) is 18.0. The van der Waals surface area contributed by atoms with Gasteiger partial charge in [0.2, 0.25) is 5.91 Å². The minimum Gasteiger partial charge on any atom is -0.408 e. The fraction of sp³-hybridized carbons (Fsp3) is 0.222. The molecule has 130 valence electrons. The molecule has 1 heterocycles. The number of aromatic nitrogens is 1. The van der Waals surface area contributed by atoms with Crippen molar-refractivity contribution in [2.75, 3.05) is 13.3 Å². The molecule has 0 saturated carbocycles. The van der Waals surface area contributed by atoms with Gasteiger partial charge in [0.1, 0.15) is 6.54 Å². The SMILES string of the molecule is CSc1ccc(CN(C)C(=O)Cn2c(=O)oc3cc(Cl)ccc32)cc1. The first-order valence-electron chi connectivity index (χ1n) is 7.63. The van der Waals surface area contributed by atoms with Gasteiger partial charge in [-0.2, -0.15) is 0 Å². The molecular weight excluding hydrogens is 360 g/mol. The molecule has 0 fully saturated rings. The smallest absolute Gasteiger partial charge is 0.408 e. The maximum Gasteiger partial charge on any atom is 0.420 e. The molecule has 25 heavy (non-hydrogen) atoms. The molecule has 5 nitrogen and oxygen atoms in total. The molecule has 3 aromatic rings. The van der Waals surface area contributed by atoms with Gasteiger partial charge in [0.15, 0.2) is 5.58 Å². The lowest BCUT2D eigenvalue weighted by atomic mass is 10.2. The van der Waals surface area contributed by atoms with Crippen LogP contribution in [-0.4, -0.2) is 28.7 Å². The van der Waals surface area contributed by atoms with E-state index in [-0.39, 0.29) is 12.5 Å². The largest absolute Gasteiger partial charge is 0.420 e. The number of likely N-dealkylation sites (N-methyl/N-ethyl adjacent to an activating group) is 1. The average molecular weight is 377 g/mol. The van der Waals surface area contributed by atoms with Gasteiger partial charge in [-0.1, -0.05) is 23.7 Å². The second kappa shape index (κ2) is 7.37. The van der Waals surface area contributed by atoms with Crippen LogP contribution in [0.4, 0.5) is 0 Å². The normalized spacial score (nSPS) is 11.0. The van der Waals surface area contributed by atoms with E-state index >= 15 is 0 Å². The van der Waals surface area contributed by atoms with Gasteiger partial charge in [-0.05, 0) is 36.1 Å². The van der Waals surface area contributed by atoms with Crippen LogP contribution in [0.1, 0.15) is 5.56 Å². The Balaban J connectivity index is 1.75. The van der Waals surface area contributed by atoms with Crippen molar-refractivity contribution in [1.29, 1.82) is 0 Å². The third kappa shape index (κ3) is 3.91. The molecule has 0 aliphatic rings. The number of rotatable bonds is 5. The second-order valence-corrected chi connectivity index (χ2v) is 6.98. The van der Waals surface area contributed by atoms with Crippen LogP contribution in [-0.2, 0) is 17.9 Å². The van der Waals surface area contributed by atoms with E-state index in [1.165, 1.54) is 9.46 Å². The van der Waals surface area contributed by atoms with Gasteiger partial charge in [0, 0.05) is 29.6 Å². The number of hydrogen-bond donors (Lipinski definition) is 0. The molecule has 0 unspecified atom stereocenters. The molecule has 1 amide bonds. The minimum absolute atomic E-state index is 0.0765. The van der Waals surface area contributed by atoms with Crippen LogP contribution in [0, 0.1) is 0 Å². The van der Waals surface area contributed by atoms with Crippen molar-refractivity contribution < 1.29 is 9.21 Å². The Morgan fingerprint density at radius 1 is 1.24 bits per heavy atom. The van der Waals surface area contributed by atoms with E-state index in [9.17, 15) is 9.59 Å². The number of carbonyl (C=O) groups excluding carboxylic acids is 1. The fourth-order valence-electron chi connectivity index (χ4n) is 2.54. The summed E-state index contributed by atoms with van der Waals surface area (Å²) in [6.45, 7) is 0.400. The van der Waals surface area contributed by atoms with E-state index in [2.05, 4.69) is 0 Å². The van der Waals surface area contributed by atoms with E-state index in [0.29, 0.717) is 22.7 Å². The Kier molecular flexibility index (Phi) is 5.20. The van der Waals surface area contributed by atoms with Crippen molar-refractivity contribution in [3.05, 3.63) is 63.6 Å². The van der Waals surface area contributed by atoms with Crippen molar-refractivity contribution in [1.82, 2.24) is 9.47 Å². The van der Waals surface area contributed by atoms with E-state index in [4.69, 9.17) is 16.0 Å². The van der Waals surface area contributed by atoms with Crippen LogP contribution in [0.3, 0.4) is 0 Å². The van der Waals surface area contributed by atoms with Gasteiger partial charge < -0.3 is 9.32 Å². The number of thioether (sulfide) groups is 1. The number of carbonyl (C=O) groups is 1. The lowest BCUT2D eigenvalue weighted by molar-refractivity contribution is -0.131. The highest BCUT2D eigenvalue weighted by molar-refractivity contribution is 7.98. The van der Waals surface area contributed by atoms with Gasteiger partial charge in [-0.3, -0.25) is 9.36 Å². The van der Waals surface area contributed by atoms with Crippen LogP contribution >= 0.6 is 23.4 Å². The predicted molar refractivity (Wildman–Crippen MR) is 100 cm³/mol. The summed E-state index contributed by atoms with van der Waals surface area (Å²) in [4.78, 5) is 27.3. The highest BCUT2D eigenvalue weighted by atomic mass is 35.5. The first-order valence-corrected chi connectivity index (χ1v) is 9.24. The Morgan fingerprint density at radius 2 is 1.96 bits per heavy atom. The summed E-state index contributed by atoms with van der Waals surface area (Å²) < 4.78 is 6.47. The molecule has 0 aliphatic heterocycles. The van der Waals surface area contributed by atoms with Gasteiger partial charge in [0.25, 0.3) is 0 Å². The molecule has 0 bridgehead atoms. The van der Waals surface area contributed by atoms with Crippen molar-refractivity contribution >= 4 is 40.4 Å². The molecule has 2 aromatic carbocycles. The lowest BCUT2D eigenvalue weighted by Crippen LogP contribution is -2.32. The molecule has 0 saturated heterocycles. The Bertz CT molecular complexity index is 963. The second-order valence-electron chi connectivity index (χ2n) is 5.66. The van der Waals surface area contributed by atoms with Gasteiger partial charge in [0.05, 0.1) is 5.52 Å². The summed E-state index contributed by atoms with van der Waals surface area (Å²) in [5.74, 6) is -0.739. The number of hydrogen-bond acceptors (Lipinski definition) is 4. The molecule has 1 aromatic heterocycles. The maximum atomic E-state index is 12.5. The Labute approximate surface area is 154 Å². The number of oxazole rings is 1. The first kappa shape index (κ1) is 17.6. The molecule has 0 spiro atoms. The highest BCUT2D eigenvalue weighted by Gasteiger charge is 2.16. The topological polar surface area (TPSA) is 55.5 Å². The van der Waals surface area contributed by atoms with E-state index < -0.39 is 5.76 Å². The molecule has 0 aliphatic carbocycles. The van der Waals surface area contributed by atoms with E-state index in [1.54, 1.807) is 41.9 Å². The summed E-state index contributed by atoms with van der Waals surface area (Å²) >= 11 is 7.57. The predicted octanol–water partition coefficient (Wildman–Crippen LogP) is 3.63. The van der Waals surface area contributed by atoms with Gasteiger partial charge >= 0.3 is 5.76 Å². The number of benzene rings is 2. The zero-order valence-electron chi connectivity index (χ0n) is 13.9. The summed E-state index contributed by atoms with van der Waals surface area (Å²) in [6.07, 6.45) is 2.02. The van der Waals surface area contributed by atoms with Crippen LogP contribution in [0.5, 0.6) is 0 Å². The third-order valence-electron chi connectivity index (χ3n) is 3.93. The molecule has 0 atom stereocenters. The van der Waals surface area contributed by atoms with Gasteiger partial charge in [-0.25, -0.2) is 4.79 Å². The summed E-state index contributed by atoms with van der Waals surface area (Å²) in [5.41, 5.74) is 1.96. The maximum absolute atomic E-state index is 12.5. The molecule has 3 rings (SSSR count). The highest BCUT2D eigenvalue weighted by Crippen LogP contribution is 2.19. The quantitative estimate of drug-likeness (QED) is 0.638. The monoisotopic (exact) mass is 376 g/mol. The lowest BCUT2D eigenvalue weighted by Gasteiger charge is -2.17. The van der Waals surface area contributed by atoms with E-state index in [0.717, 1.165) is 5.56 Å². The molecule has 0 radical (unpaired) electrons. The van der Waals surface area contributed by atoms with Crippen molar-refractivity contribution in [3.8, 4) is 0 Å². The van der Waals surface area contributed by atoms with Crippen LogP contribution in [0.15, 0.2) is 56.6 Å². The Hall–Kier alpha value is -2.18. The van der Waals surface area contributed by atoms with Crippen molar-refractivity contribution in [2.45, 2.75) is 18.0 Å². The Morgan fingerprint density at radius 3 is 2.64 bits per heavy atom. The minimum atomic E-state index is -0.566. The number of amides is 1. The number of halogens is 1. The third-order valence-corrected chi connectivity index (χ3v) is 4.91. The fourth-order valence-corrected chi connectivity index (χ4v) is 3.11. The van der Waals surface area contributed by atoms with Crippen LogP contribution < -0.4 is 5.76 Å². The summed E-state index contributed by atoms with van der Waals surface area (Å²) in [7, 11) is 1.72. The van der Waals surface area contributed by atoms with Crippen LogP contribution in [0.25, 0.3) is 11.1 Å². The molecule has 0 N–H and O–H groups in total. The van der Waals surface area contributed by atoms with Crippen molar-refractivity contribution in [2.24, 2.45) is 0 Å². The first-order chi connectivity index (χ1) is 12.0. The number of fused-ring (bicyclic) bond motifs is 1. The summed E-state index contributed by atoms with van der Waals surface area (Å²) in [5, 5.41) is 0.477. The van der Waals surface area contributed by atoms with Crippen LogP contribution in [0.2, 0.25) is 5.02 Å². The van der Waals surface area contributed by atoms with Crippen molar-refractivity contribution in [3.63, 3.8) is 0 Å². The standard InChI is InChI=1S/C18H17ClN2O3S/c1-20(10-12-3-6-14(25-2)7-4-12)17(22)11-21-15-8-5-13(19)9-16(15)24-18(21)23/h3-9H,10-11H2,1-2H3. The average Bonchev–Trinajstić information content (AvgIpc) is 2.90. The van der Waals surface area contributed by atoms with Gasteiger partial charge in [-0.15, -0.1) is 11.8 Å². The van der Waals surface area contributed by atoms with E-state index in [1.807, 2.05) is 30.5 Å². The number of nitrogens with zero attached hydrogens (tertiary/aromatic N) is 2. The molecule has 7 heteroatoms. The zero-order valence-corrected chi connectivity index (χ0v) is 15.4. The summed E-state index contributed by atoms with van der Waals surface area (Å²) in [6, 6.07) is 12.9.